The van der Waals surface area contributed by atoms with Crippen LogP contribution >= 0.6 is 11.6 Å². The molecule has 5 nitrogen and oxygen atoms in total. The normalized spacial score (nSPS) is 12.4. The molecule has 0 unspecified atom stereocenters. The third-order valence-corrected chi connectivity index (χ3v) is 5.79. The molecule has 134 valence electrons. The smallest absolute Gasteiger partial charge is 0.264 e. The molecule has 0 aliphatic rings. The predicted octanol–water partition coefficient (Wildman–Crippen LogP) is 3.45. The highest BCUT2D eigenvalue weighted by Gasteiger charge is 2.27. The van der Waals surface area contributed by atoms with Crippen LogP contribution in [-0.2, 0) is 14.8 Å². The molecule has 2 aromatic carbocycles. The molecule has 0 aliphatic carbocycles. The first-order valence-electron chi connectivity index (χ1n) is 7.97. The fraction of sp³-hybridized carbons (Fsp3) is 0.278. The van der Waals surface area contributed by atoms with Gasteiger partial charge in [0, 0.05) is 11.1 Å². The zero-order chi connectivity index (χ0) is 18.4. The molecule has 1 amide bonds. The quantitative estimate of drug-likeness (QED) is 0.800. The van der Waals surface area contributed by atoms with Crippen molar-refractivity contribution in [2.45, 2.75) is 31.2 Å². The van der Waals surface area contributed by atoms with E-state index in [-0.39, 0.29) is 23.4 Å². The van der Waals surface area contributed by atoms with Crippen molar-refractivity contribution >= 4 is 33.2 Å². The number of carbonyl (C=O) groups is 1. The van der Waals surface area contributed by atoms with E-state index in [4.69, 9.17) is 11.6 Å². The molecule has 0 aliphatic heterocycles. The van der Waals surface area contributed by atoms with Crippen LogP contribution in [0.2, 0.25) is 5.02 Å². The van der Waals surface area contributed by atoms with E-state index < -0.39 is 10.0 Å². The number of hydrogen-bond acceptors (Lipinski definition) is 3. The van der Waals surface area contributed by atoms with Gasteiger partial charge in [0.2, 0.25) is 5.91 Å². The van der Waals surface area contributed by atoms with Gasteiger partial charge in [-0.3, -0.25) is 9.10 Å². The van der Waals surface area contributed by atoms with Gasteiger partial charge in [0.05, 0.1) is 10.6 Å². The summed E-state index contributed by atoms with van der Waals surface area (Å²) in [5, 5.41) is 3.24. The molecule has 0 fully saturated rings. The van der Waals surface area contributed by atoms with Crippen LogP contribution < -0.4 is 9.62 Å². The molecule has 0 aromatic heterocycles. The maximum atomic E-state index is 13.0. The minimum Gasteiger partial charge on any atom is -0.352 e. The van der Waals surface area contributed by atoms with Crippen molar-refractivity contribution in [2.75, 3.05) is 10.8 Å². The summed E-state index contributed by atoms with van der Waals surface area (Å²) in [6.45, 7) is 3.53. The van der Waals surface area contributed by atoms with E-state index in [9.17, 15) is 13.2 Å². The number of nitrogens with zero attached hydrogens (tertiary/aromatic N) is 1. The van der Waals surface area contributed by atoms with E-state index in [0.29, 0.717) is 10.7 Å². The summed E-state index contributed by atoms with van der Waals surface area (Å²) in [5.74, 6) is -0.351. The lowest BCUT2D eigenvalue weighted by Crippen LogP contribution is -2.43. The Balaban J connectivity index is 2.37. The number of amides is 1. The molecule has 0 saturated carbocycles. The summed E-state index contributed by atoms with van der Waals surface area (Å²) in [4.78, 5) is 12.4. The summed E-state index contributed by atoms with van der Waals surface area (Å²) < 4.78 is 27.2. The maximum Gasteiger partial charge on any atom is 0.264 e. The molecule has 2 aromatic rings. The van der Waals surface area contributed by atoms with Crippen LogP contribution in [0.5, 0.6) is 0 Å². The average Bonchev–Trinajstić information content (AvgIpc) is 2.60. The predicted molar refractivity (Wildman–Crippen MR) is 100 cm³/mol. The van der Waals surface area contributed by atoms with Gasteiger partial charge >= 0.3 is 0 Å². The minimum atomic E-state index is -3.89. The third-order valence-electron chi connectivity index (χ3n) is 3.75. The molecule has 0 bridgehead atoms. The van der Waals surface area contributed by atoms with Gasteiger partial charge in [0.25, 0.3) is 10.0 Å². The summed E-state index contributed by atoms with van der Waals surface area (Å²) in [6.07, 6.45) is 0.765. The molecule has 0 saturated heterocycles. The van der Waals surface area contributed by atoms with Gasteiger partial charge in [-0.2, -0.15) is 0 Å². The van der Waals surface area contributed by atoms with Gasteiger partial charge in [0.15, 0.2) is 0 Å². The molecule has 1 N–H and O–H groups in total. The molecule has 0 spiro atoms. The van der Waals surface area contributed by atoms with Gasteiger partial charge in [-0.05, 0) is 49.7 Å². The van der Waals surface area contributed by atoms with Gasteiger partial charge in [0.1, 0.15) is 6.54 Å². The van der Waals surface area contributed by atoms with Crippen molar-refractivity contribution in [3.8, 4) is 0 Å². The van der Waals surface area contributed by atoms with Gasteiger partial charge < -0.3 is 5.32 Å². The van der Waals surface area contributed by atoms with Gasteiger partial charge in [-0.25, -0.2) is 8.42 Å². The first-order chi connectivity index (χ1) is 11.8. The summed E-state index contributed by atoms with van der Waals surface area (Å²) in [6, 6.07) is 14.4. The highest BCUT2D eigenvalue weighted by atomic mass is 35.5. The Morgan fingerprint density at radius 3 is 2.28 bits per heavy atom. The number of sulfonamides is 1. The Morgan fingerprint density at radius 1 is 1.12 bits per heavy atom. The van der Waals surface area contributed by atoms with Crippen LogP contribution in [0.15, 0.2) is 59.5 Å². The summed E-state index contributed by atoms with van der Waals surface area (Å²) in [5.41, 5.74) is 0.428. The first kappa shape index (κ1) is 19.3. The Labute approximate surface area is 153 Å². The molecule has 0 heterocycles. The Kier molecular flexibility index (Phi) is 6.45. The van der Waals surface area contributed by atoms with Gasteiger partial charge in [-0.15, -0.1) is 0 Å². The number of benzene rings is 2. The first-order valence-corrected chi connectivity index (χ1v) is 9.79. The second-order valence-electron chi connectivity index (χ2n) is 5.68. The second-order valence-corrected chi connectivity index (χ2v) is 7.98. The number of carbonyl (C=O) groups excluding carboxylic acids is 1. The van der Waals surface area contributed by atoms with Crippen LogP contribution in [0, 0.1) is 0 Å². The van der Waals surface area contributed by atoms with Crippen molar-refractivity contribution < 1.29 is 13.2 Å². The van der Waals surface area contributed by atoms with Crippen molar-refractivity contribution in [1.29, 1.82) is 0 Å². The lowest BCUT2D eigenvalue weighted by molar-refractivity contribution is -0.120. The fourth-order valence-corrected chi connectivity index (χ4v) is 3.74. The fourth-order valence-electron chi connectivity index (χ4n) is 2.20. The lowest BCUT2D eigenvalue weighted by atomic mass is 10.2. The van der Waals surface area contributed by atoms with E-state index in [1.807, 2.05) is 13.8 Å². The van der Waals surface area contributed by atoms with Crippen LogP contribution in [0.3, 0.4) is 0 Å². The molecule has 1 atom stereocenters. The van der Waals surface area contributed by atoms with Crippen LogP contribution in [0.25, 0.3) is 0 Å². The van der Waals surface area contributed by atoms with Crippen LogP contribution in [0.1, 0.15) is 20.3 Å². The zero-order valence-electron chi connectivity index (χ0n) is 14.1. The second kappa shape index (κ2) is 8.36. The zero-order valence-corrected chi connectivity index (χ0v) is 15.7. The average molecular weight is 381 g/mol. The number of nitrogens with one attached hydrogen (secondary N) is 1. The van der Waals surface area contributed by atoms with E-state index in [1.165, 1.54) is 24.3 Å². The molecule has 0 radical (unpaired) electrons. The monoisotopic (exact) mass is 380 g/mol. The number of para-hydroxylation sites is 1. The minimum absolute atomic E-state index is 0.0247. The van der Waals surface area contributed by atoms with E-state index in [1.54, 1.807) is 30.3 Å². The topological polar surface area (TPSA) is 66.5 Å². The van der Waals surface area contributed by atoms with Gasteiger partial charge in [-0.1, -0.05) is 36.7 Å². The molecule has 2 rings (SSSR count). The van der Waals surface area contributed by atoms with Crippen molar-refractivity contribution in [1.82, 2.24) is 5.32 Å². The molecular formula is C18H21ClN2O3S. The summed E-state index contributed by atoms with van der Waals surface area (Å²) >= 11 is 5.84. The van der Waals surface area contributed by atoms with Crippen LogP contribution in [0.4, 0.5) is 5.69 Å². The van der Waals surface area contributed by atoms with Crippen molar-refractivity contribution in [3.05, 3.63) is 59.6 Å². The van der Waals surface area contributed by atoms with E-state index in [2.05, 4.69) is 5.32 Å². The highest BCUT2D eigenvalue weighted by Crippen LogP contribution is 2.24. The number of halogens is 1. The SMILES string of the molecule is CC[C@H](C)NC(=O)CN(c1ccccc1)S(=O)(=O)c1ccc(Cl)cc1. The number of anilines is 1. The van der Waals surface area contributed by atoms with E-state index in [0.717, 1.165) is 10.7 Å². The Morgan fingerprint density at radius 2 is 1.72 bits per heavy atom. The summed E-state index contributed by atoms with van der Waals surface area (Å²) in [7, 11) is -3.89. The Hall–Kier alpha value is -2.05. The maximum absolute atomic E-state index is 13.0. The highest BCUT2D eigenvalue weighted by molar-refractivity contribution is 7.92. The van der Waals surface area contributed by atoms with Crippen molar-refractivity contribution in [2.24, 2.45) is 0 Å². The van der Waals surface area contributed by atoms with E-state index >= 15 is 0 Å². The third kappa shape index (κ3) is 4.96. The van der Waals surface area contributed by atoms with Crippen LogP contribution in [-0.4, -0.2) is 26.9 Å². The molecule has 7 heteroatoms. The Bertz CT molecular complexity index is 808. The molecule has 25 heavy (non-hydrogen) atoms. The largest absolute Gasteiger partial charge is 0.352 e. The number of hydrogen-bond donors (Lipinski definition) is 1. The van der Waals surface area contributed by atoms with Crippen molar-refractivity contribution in [3.63, 3.8) is 0 Å². The molecular weight excluding hydrogens is 360 g/mol. The standard InChI is InChI=1S/C18H21ClN2O3S/c1-3-14(2)20-18(22)13-21(16-7-5-4-6-8-16)25(23,24)17-11-9-15(19)10-12-17/h4-12,14H,3,13H2,1-2H3,(H,20,22)/t14-/m0/s1. The lowest BCUT2D eigenvalue weighted by Gasteiger charge is -2.25. The number of rotatable bonds is 7.